The van der Waals surface area contributed by atoms with Gasteiger partial charge in [-0.25, -0.2) is 0 Å². The maximum Gasteiger partial charge on any atom is 0.387 e. The molecule has 8 nitrogen and oxygen atoms in total. The van der Waals surface area contributed by atoms with Gasteiger partial charge >= 0.3 is 6.61 Å². The lowest BCUT2D eigenvalue weighted by molar-refractivity contribution is -0.120. The molecule has 2 aliphatic rings. The predicted octanol–water partition coefficient (Wildman–Crippen LogP) is 4.47. The Kier molecular flexibility index (Phi) is 7.79. The first kappa shape index (κ1) is 24.4. The third kappa shape index (κ3) is 7.14. The van der Waals surface area contributed by atoms with E-state index in [1.165, 1.54) is 13.0 Å². The molecule has 1 atom stereocenters. The van der Waals surface area contributed by atoms with E-state index in [4.69, 9.17) is 4.74 Å². The van der Waals surface area contributed by atoms with E-state index < -0.39 is 12.7 Å². The maximum absolute atomic E-state index is 12.9. The van der Waals surface area contributed by atoms with Gasteiger partial charge < -0.3 is 20.1 Å². The minimum atomic E-state index is -2.94. The topological polar surface area (TPSA) is 92.3 Å². The molecule has 1 aliphatic carbocycles. The van der Waals surface area contributed by atoms with E-state index in [0.29, 0.717) is 42.4 Å². The fourth-order valence-electron chi connectivity index (χ4n) is 3.80. The van der Waals surface area contributed by atoms with E-state index in [1.807, 2.05) is 0 Å². The number of ether oxygens (including phenoxy) is 2. The van der Waals surface area contributed by atoms with Crippen molar-refractivity contribution in [2.24, 2.45) is 11.0 Å². The molecule has 0 aromatic heterocycles. The van der Waals surface area contributed by atoms with Crippen LogP contribution in [0.25, 0.3) is 0 Å². The number of alkyl halides is 2. The van der Waals surface area contributed by atoms with Gasteiger partial charge in [0, 0.05) is 24.8 Å². The number of hydrazone groups is 1. The van der Waals surface area contributed by atoms with Crippen LogP contribution in [0.1, 0.15) is 38.2 Å². The van der Waals surface area contributed by atoms with Crippen molar-refractivity contribution in [1.82, 2.24) is 5.01 Å². The summed E-state index contributed by atoms with van der Waals surface area (Å²) < 4.78 is 35.8. The quantitative estimate of drug-likeness (QED) is 0.484. The van der Waals surface area contributed by atoms with Gasteiger partial charge in [0.05, 0.1) is 12.8 Å². The fourth-order valence-corrected chi connectivity index (χ4v) is 3.80. The van der Waals surface area contributed by atoms with Gasteiger partial charge in [-0.1, -0.05) is 6.07 Å². The Morgan fingerprint density at radius 2 is 1.89 bits per heavy atom. The van der Waals surface area contributed by atoms with Crippen molar-refractivity contribution in [2.45, 2.75) is 45.3 Å². The van der Waals surface area contributed by atoms with E-state index in [-0.39, 0.29) is 23.3 Å². The Balaban J connectivity index is 1.42. The van der Waals surface area contributed by atoms with Crippen LogP contribution < -0.4 is 20.1 Å². The summed E-state index contributed by atoms with van der Waals surface area (Å²) in [6.07, 6.45) is 5.17. The van der Waals surface area contributed by atoms with Crippen LogP contribution in [0.5, 0.6) is 11.5 Å². The molecule has 0 spiro atoms. The summed E-state index contributed by atoms with van der Waals surface area (Å²) in [5, 5.41) is 11.8. The van der Waals surface area contributed by atoms with Crippen LogP contribution in [0.15, 0.2) is 47.6 Å². The molecule has 2 fully saturated rings. The standard InChI is InChI=1S/C25H28F2N4O4/c1-16(32)29-19-4-2-5-20(13-19)30-24(33)21-6-3-11-31(21)28-14-18-9-10-22(35-25(26)27)23(12-18)34-15-17-7-8-17/h2,4-5,9-10,12-14,17,21,25H,3,6-8,11,15H2,1H3,(H,29,32)(H,30,33)/b28-14+/t21-/m0/s1. The van der Waals surface area contributed by atoms with Gasteiger partial charge in [0.15, 0.2) is 11.5 Å². The van der Waals surface area contributed by atoms with Gasteiger partial charge in [0.1, 0.15) is 6.04 Å². The summed E-state index contributed by atoms with van der Waals surface area (Å²) in [7, 11) is 0. The average molecular weight is 487 g/mol. The minimum absolute atomic E-state index is 0.0160. The average Bonchev–Trinajstić information content (AvgIpc) is 3.51. The number of carbonyl (C=O) groups excluding carboxylic acids is 2. The number of carbonyl (C=O) groups is 2. The molecule has 2 N–H and O–H groups in total. The van der Waals surface area contributed by atoms with Crippen LogP contribution in [-0.4, -0.2) is 48.8 Å². The first-order valence-corrected chi connectivity index (χ1v) is 11.6. The Morgan fingerprint density at radius 1 is 1.11 bits per heavy atom. The highest BCUT2D eigenvalue weighted by Gasteiger charge is 2.30. The van der Waals surface area contributed by atoms with Crippen molar-refractivity contribution >= 4 is 29.4 Å². The van der Waals surface area contributed by atoms with Gasteiger partial charge in [-0.05, 0) is 73.6 Å². The first-order chi connectivity index (χ1) is 16.9. The molecular weight excluding hydrogens is 458 g/mol. The van der Waals surface area contributed by atoms with Gasteiger partial charge in [0.25, 0.3) is 0 Å². The zero-order valence-corrected chi connectivity index (χ0v) is 19.4. The molecule has 1 saturated carbocycles. The molecule has 10 heteroatoms. The molecule has 35 heavy (non-hydrogen) atoms. The number of amides is 2. The van der Waals surface area contributed by atoms with E-state index in [0.717, 1.165) is 19.3 Å². The molecule has 2 aromatic rings. The zero-order valence-electron chi connectivity index (χ0n) is 19.4. The lowest BCUT2D eigenvalue weighted by Crippen LogP contribution is -2.36. The van der Waals surface area contributed by atoms with Crippen molar-refractivity contribution in [3.63, 3.8) is 0 Å². The molecule has 1 heterocycles. The second-order valence-corrected chi connectivity index (χ2v) is 8.66. The second kappa shape index (κ2) is 11.2. The maximum atomic E-state index is 12.9. The second-order valence-electron chi connectivity index (χ2n) is 8.66. The third-order valence-electron chi connectivity index (χ3n) is 5.69. The van der Waals surface area contributed by atoms with Crippen LogP contribution in [0.4, 0.5) is 20.2 Å². The Morgan fingerprint density at radius 3 is 2.60 bits per heavy atom. The minimum Gasteiger partial charge on any atom is -0.489 e. The SMILES string of the molecule is CC(=O)Nc1cccc(NC(=O)[C@@H]2CCCN2/N=C/c2ccc(OC(F)F)c(OCC3CC3)c2)c1. The van der Waals surface area contributed by atoms with Crippen LogP contribution in [0.3, 0.4) is 0 Å². The highest BCUT2D eigenvalue weighted by Crippen LogP contribution is 2.34. The smallest absolute Gasteiger partial charge is 0.387 e. The van der Waals surface area contributed by atoms with Crippen molar-refractivity contribution in [3.05, 3.63) is 48.0 Å². The van der Waals surface area contributed by atoms with E-state index >= 15 is 0 Å². The van der Waals surface area contributed by atoms with Gasteiger partial charge in [-0.2, -0.15) is 13.9 Å². The lowest BCUT2D eigenvalue weighted by atomic mass is 10.2. The van der Waals surface area contributed by atoms with E-state index in [9.17, 15) is 18.4 Å². The molecule has 2 amide bonds. The summed E-state index contributed by atoms with van der Waals surface area (Å²) in [5.74, 6) is 0.289. The number of rotatable bonds is 10. The van der Waals surface area contributed by atoms with E-state index in [2.05, 4.69) is 20.5 Å². The van der Waals surface area contributed by atoms with Gasteiger partial charge in [0.2, 0.25) is 11.8 Å². The van der Waals surface area contributed by atoms with Crippen LogP contribution in [-0.2, 0) is 9.59 Å². The molecule has 1 aliphatic heterocycles. The number of hydrogen-bond acceptors (Lipinski definition) is 6. The predicted molar refractivity (Wildman–Crippen MR) is 128 cm³/mol. The normalized spacial score (nSPS) is 17.6. The fraction of sp³-hybridized carbons (Fsp3) is 0.400. The summed E-state index contributed by atoms with van der Waals surface area (Å²) in [5.41, 5.74) is 1.81. The molecular formula is C25H28F2N4O4. The molecule has 186 valence electrons. The van der Waals surface area contributed by atoms with Crippen molar-refractivity contribution in [1.29, 1.82) is 0 Å². The summed E-state index contributed by atoms with van der Waals surface area (Å²) in [4.78, 5) is 24.2. The number of hydrogen-bond donors (Lipinski definition) is 2. The number of benzene rings is 2. The molecule has 0 bridgehead atoms. The summed E-state index contributed by atoms with van der Waals surface area (Å²) in [6.45, 7) is -0.461. The number of nitrogens with zero attached hydrogens (tertiary/aromatic N) is 2. The lowest BCUT2D eigenvalue weighted by Gasteiger charge is -2.21. The molecule has 4 rings (SSSR count). The Labute approximate surface area is 202 Å². The molecule has 0 unspecified atom stereocenters. The van der Waals surface area contributed by atoms with Crippen molar-refractivity contribution in [2.75, 3.05) is 23.8 Å². The molecule has 2 aromatic carbocycles. The van der Waals surface area contributed by atoms with Crippen LogP contribution >= 0.6 is 0 Å². The Bertz CT molecular complexity index is 1090. The van der Waals surface area contributed by atoms with Crippen LogP contribution in [0, 0.1) is 5.92 Å². The monoisotopic (exact) mass is 486 g/mol. The summed E-state index contributed by atoms with van der Waals surface area (Å²) >= 11 is 0. The molecule has 0 radical (unpaired) electrons. The van der Waals surface area contributed by atoms with Crippen LogP contribution in [0.2, 0.25) is 0 Å². The first-order valence-electron chi connectivity index (χ1n) is 11.6. The highest BCUT2D eigenvalue weighted by atomic mass is 19.3. The van der Waals surface area contributed by atoms with Gasteiger partial charge in [-0.3, -0.25) is 14.6 Å². The number of halogens is 2. The number of anilines is 2. The van der Waals surface area contributed by atoms with E-state index in [1.54, 1.807) is 47.6 Å². The largest absolute Gasteiger partial charge is 0.489 e. The highest BCUT2D eigenvalue weighted by molar-refractivity contribution is 5.96. The van der Waals surface area contributed by atoms with Crippen molar-refractivity contribution in [3.8, 4) is 11.5 Å². The Hall–Kier alpha value is -3.69. The zero-order chi connectivity index (χ0) is 24.8. The van der Waals surface area contributed by atoms with Gasteiger partial charge in [-0.15, -0.1) is 0 Å². The number of nitrogens with one attached hydrogen (secondary N) is 2. The molecule has 1 saturated heterocycles. The third-order valence-corrected chi connectivity index (χ3v) is 5.69. The van der Waals surface area contributed by atoms with Crippen molar-refractivity contribution < 1.29 is 27.8 Å². The summed E-state index contributed by atoms with van der Waals surface area (Å²) in [6, 6.07) is 11.1.